The molecule has 7 nitrogen and oxygen atoms in total. The first-order chi connectivity index (χ1) is 8.88. The molecule has 0 radical (unpaired) electrons. The van der Waals surface area contributed by atoms with Gasteiger partial charge < -0.3 is 9.42 Å². The van der Waals surface area contributed by atoms with E-state index >= 15 is 0 Å². The number of carbonyl (C=O) groups excluding carboxylic acids is 1. The Balaban J connectivity index is 1.96. The summed E-state index contributed by atoms with van der Waals surface area (Å²) in [5, 5.41) is 3.70. The molecule has 0 spiro atoms. The normalized spacial score (nSPS) is 21.6. The molecule has 0 aromatic carbocycles. The Bertz CT molecular complexity index is 540. The van der Waals surface area contributed by atoms with Crippen LogP contribution in [-0.4, -0.2) is 60.6 Å². The number of rotatable bonds is 3. The van der Waals surface area contributed by atoms with E-state index in [-0.39, 0.29) is 18.4 Å². The summed E-state index contributed by atoms with van der Waals surface area (Å²) in [5.41, 5.74) is 0.586. The summed E-state index contributed by atoms with van der Waals surface area (Å²) >= 11 is 0. The first-order valence-electron chi connectivity index (χ1n) is 6.02. The number of aromatic nitrogens is 1. The summed E-state index contributed by atoms with van der Waals surface area (Å²) < 4.78 is 29.2. The molecule has 0 N–H and O–H groups in total. The highest BCUT2D eigenvalue weighted by molar-refractivity contribution is 7.88. The molecule has 1 aromatic heterocycles. The van der Waals surface area contributed by atoms with Crippen LogP contribution in [0.2, 0.25) is 0 Å². The van der Waals surface area contributed by atoms with E-state index in [0.29, 0.717) is 25.3 Å². The highest BCUT2D eigenvalue weighted by atomic mass is 32.2. The summed E-state index contributed by atoms with van der Waals surface area (Å²) in [6.45, 7) is 2.96. The van der Waals surface area contributed by atoms with E-state index in [0.717, 1.165) is 0 Å². The van der Waals surface area contributed by atoms with Crippen LogP contribution in [-0.2, 0) is 21.2 Å². The van der Waals surface area contributed by atoms with Gasteiger partial charge in [0.25, 0.3) is 0 Å². The van der Waals surface area contributed by atoms with Crippen LogP contribution in [0.25, 0.3) is 0 Å². The van der Waals surface area contributed by atoms with Crippen molar-refractivity contribution in [2.75, 3.05) is 25.9 Å². The van der Waals surface area contributed by atoms with Crippen LogP contribution in [0.3, 0.4) is 0 Å². The zero-order valence-corrected chi connectivity index (χ0v) is 11.8. The number of hydrogen-bond donors (Lipinski definition) is 0. The van der Waals surface area contributed by atoms with Crippen molar-refractivity contribution < 1.29 is 17.7 Å². The van der Waals surface area contributed by atoms with Crippen LogP contribution in [0.5, 0.6) is 0 Å². The van der Waals surface area contributed by atoms with Crippen LogP contribution in [0.1, 0.15) is 12.6 Å². The molecule has 0 saturated carbocycles. The van der Waals surface area contributed by atoms with Crippen molar-refractivity contribution in [3.05, 3.63) is 18.0 Å². The number of piperazine rings is 1. The van der Waals surface area contributed by atoms with Crippen LogP contribution >= 0.6 is 0 Å². The summed E-state index contributed by atoms with van der Waals surface area (Å²) in [7, 11) is -3.21. The Labute approximate surface area is 112 Å². The molecule has 8 heteroatoms. The Morgan fingerprint density at radius 3 is 2.79 bits per heavy atom. The van der Waals surface area contributed by atoms with Crippen LogP contribution in [0.15, 0.2) is 16.9 Å². The lowest BCUT2D eigenvalue weighted by Gasteiger charge is -2.38. The lowest BCUT2D eigenvalue weighted by atomic mass is 10.2. The highest BCUT2D eigenvalue weighted by Crippen LogP contribution is 2.14. The Morgan fingerprint density at radius 1 is 1.53 bits per heavy atom. The van der Waals surface area contributed by atoms with Gasteiger partial charge in [0.1, 0.15) is 6.26 Å². The van der Waals surface area contributed by atoms with Crippen LogP contribution in [0, 0.1) is 0 Å². The molecule has 2 rings (SSSR count). The van der Waals surface area contributed by atoms with E-state index < -0.39 is 10.0 Å². The van der Waals surface area contributed by atoms with Crippen LogP contribution in [0.4, 0.5) is 0 Å². The molecule has 0 bridgehead atoms. The average molecular weight is 287 g/mol. The first kappa shape index (κ1) is 14.0. The molecular weight excluding hydrogens is 270 g/mol. The maximum Gasteiger partial charge on any atom is 0.228 e. The van der Waals surface area contributed by atoms with Gasteiger partial charge in [0.05, 0.1) is 18.4 Å². The van der Waals surface area contributed by atoms with Crippen molar-refractivity contribution in [3.63, 3.8) is 0 Å². The summed E-state index contributed by atoms with van der Waals surface area (Å²) in [5.74, 6) is -0.0612. The maximum absolute atomic E-state index is 12.0. The fourth-order valence-corrected chi connectivity index (χ4v) is 3.39. The predicted molar refractivity (Wildman–Crippen MR) is 67.8 cm³/mol. The van der Waals surface area contributed by atoms with Gasteiger partial charge >= 0.3 is 0 Å². The molecule has 1 aromatic rings. The van der Waals surface area contributed by atoms with Crippen molar-refractivity contribution >= 4 is 15.9 Å². The third-order valence-corrected chi connectivity index (χ3v) is 4.56. The monoisotopic (exact) mass is 287 g/mol. The molecule has 1 saturated heterocycles. The second-order valence-corrected chi connectivity index (χ2v) is 6.67. The number of amides is 1. The van der Waals surface area contributed by atoms with E-state index in [9.17, 15) is 13.2 Å². The van der Waals surface area contributed by atoms with Crippen molar-refractivity contribution in [1.29, 1.82) is 0 Å². The largest absolute Gasteiger partial charge is 0.364 e. The third kappa shape index (κ3) is 3.32. The van der Waals surface area contributed by atoms with Gasteiger partial charge in [-0.2, -0.15) is 4.31 Å². The van der Waals surface area contributed by atoms with E-state index in [1.165, 1.54) is 16.8 Å². The number of nitrogens with zero attached hydrogens (tertiary/aromatic N) is 3. The van der Waals surface area contributed by atoms with Gasteiger partial charge in [0, 0.05) is 31.7 Å². The van der Waals surface area contributed by atoms with Crippen molar-refractivity contribution in [1.82, 2.24) is 14.4 Å². The molecule has 1 aliphatic heterocycles. The summed E-state index contributed by atoms with van der Waals surface area (Å²) in [4.78, 5) is 13.7. The topological polar surface area (TPSA) is 83.7 Å². The van der Waals surface area contributed by atoms with Gasteiger partial charge in [-0.05, 0) is 6.92 Å². The van der Waals surface area contributed by atoms with Crippen molar-refractivity contribution in [3.8, 4) is 0 Å². The number of carbonyl (C=O) groups is 1. The van der Waals surface area contributed by atoms with Gasteiger partial charge in [-0.3, -0.25) is 4.79 Å². The predicted octanol–water partition coefficient (Wildman–Crippen LogP) is -0.291. The molecular formula is C11H17N3O4S. The first-order valence-corrected chi connectivity index (χ1v) is 7.86. The van der Waals surface area contributed by atoms with E-state index in [2.05, 4.69) is 9.68 Å². The molecule has 2 heterocycles. The number of hydrogen-bond acceptors (Lipinski definition) is 5. The van der Waals surface area contributed by atoms with Crippen molar-refractivity contribution in [2.24, 2.45) is 0 Å². The zero-order valence-electron chi connectivity index (χ0n) is 10.9. The second kappa shape index (κ2) is 5.30. The molecule has 0 unspecified atom stereocenters. The summed E-state index contributed by atoms with van der Waals surface area (Å²) in [6, 6.07) is 1.44. The number of sulfonamides is 1. The highest BCUT2D eigenvalue weighted by Gasteiger charge is 2.31. The Hall–Kier alpha value is -1.41. The van der Waals surface area contributed by atoms with Gasteiger partial charge in [0.2, 0.25) is 15.9 Å². The fourth-order valence-electron chi connectivity index (χ4n) is 2.26. The zero-order chi connectivity index (χ0) is 14.0. The third-order valence-electron chi connectivity index (χ3n) is 3.17. The quantitative estimate of drug-likeness (QED) is 0.763. The van der Waals surface area contributed by atoms with E-state index in [4.69, 9.17) is 0 Å². The molecule has 106 valence electrons. The molecule has 1 amide bonds. The molecule has 1 fully saturated rings. The Kier molecular flexibility index (Phi) is 3.91. The van der Waals surface area contributed by atoms with Crippen molar-refractivity contribution in [2.45, 2.75) is 19.4 Å². The average Bonchev–Trinajstić information content (AvgIpc) is 2.79. The minimum Gasteiger partial charge on any atom is -0.364 e. The molecule has 1 aliphatic rings. The minimum atomic E-state index is -3.21. The smallest absolute Gasteiger partial charge is 0.228 e. The Morgan fingerprint density at radius 2 is 2.26 bits per heavy atom. The minimum absolute atomic E-state index is 0.0612. The van der Waals surface area contributed by atoms with E-state index in [1.54, 1.807) is 17.9 Å². The maximum atomic E-state index is 12.0. The second-order valence-electron chi connectivity index (χ2n) is 4.73. The molecule has 0 aliphatic carbocycles. The van der Waals surface area contributed by atoms with Gasteiger partial charge in [-0.15, -0.1) is 0 Å². The molecule has 19 heavy (non-hydrogen) atoms. The van der Waals surface area contributed by atoms with Gasteiger partial charge in [0.15, 0.2) is 0 Å². The summed E-state index contributed by atoms with van der Waals surface area (Å²) in [6.07, 6.45) is 2.80. The lowest BCUT2D eigenvalue weighted by Crippen LogP contribution is -2.55. The van der Waals surface area contributed by atoms with Gasteiger partial charge in [-0.1, -0.05) is 5.16 Å². The molecule has 1 atom stereocenters. The fraction of sp³-hybridized carbons (Fsp3) is 0.636. The SMILES string of the molecule is C[C@H]1CN(C(=O)Cc2ccon2)CCN1S(C)(=O)=O. The standard InChI is InChI=1S/C11H17N3O4S/c1-9-8-13(4-5-14(9)19(2,16)17)11(15)7-10-3-6-18-12-10/h3,6,9H,4-5,7-8H2,1-2H3/t9-/m0/s1. The van der Waals surface area contributed by atoms with E-state index in [1.807, 2.05) is 0 Å². The van der Waals surface area contributed by atoms with Gasteiger partial charge in [-0.25, -0.2) is 8.42 Å². The van der Waals surface area contributed by atoms with Crippen LogP contribution < -0.4 is 0 Å². The lowest BCUT2D eigenvalue weighted by molar-refractivity contribution is -0.132.